The van der Waals surface area contributed by atoms with Gasteiger partial charge < -0.3 is 33.7 Å². The fourth-order valence-corrected chi connectivity index (χ4v) is 4.49. The molecule has 0 bridgehead atoms. The predicted molar refractivity (Wildman–Crippen MR) is 152 cm³/mol. The summed E-state index contributed by atoms with van der Waals surface area (Å²) in [5.41, 5.74) is 1.81. The molecule has 1 aliphatic rings. The molecule has 1 N–H and O–H groups in total. The van der Waals surface area contributed by atoms with Crippen molar-refractivity contribution in [1.82, 2.24) is 5.32 Å². The van der Waals surface area contributed by atoms with Gasteiger partial charge in [0.1, 0.15) is 24.7 Å². The average molecular weight is 554 g/mol. The van der Waals surface area contributed by atoms with Gasteiger partial charge in [0.2, 0.25) is 0 Å². The molecule has 1 unspecified atom stereocenters. The minimum atomic E-state index is -0.488. The number of carbonyl (C=O) groups is 2. The third-order valence-electron chi connectivity index (χ3n) is 6.44. The number of ketones is 1. The van der Waals surface area contributed by atoms with E-state index in [2.05, 4.69) is 18.5 Å². The van der Waals surface area contributed by atoms with Crippen molar-refractivity contribution in [3.63, 3.8) is 0 Å². The van der Waals surface area contributed by atoms with Gasteiger partial charge in [-0.15, -0.1) is 0 Å². The highest BCUT2D eigenvalue weighted by Crippen LogP contribution is 2.38. The number of hydrogen-bond donors (Lipinski definition) is 1. The molecule has 1 fully saturated rings. The van der Waals surface area contributed by atoms with Gasteiger partial charge in [-0.2, -0.15) is 0 Å². The summed E-state index contributed by atoms with van der Waals surface area (Å²) >= 11 is 0. The lowest BCUT2D eigenvalue weighted by Crippen LogP contribution is -2.39. The Labute approximate surface area is 236 Å². The van der Waals surface area contributed by atoms with Crippen molar-refractivity contribution in [2.24, 2.45) is 0 Å². The van der Waals surface area contributed by atoms with E-state index in [1.165, 1.54) is 14.2 Å². The van der Waals surface area contributed by atoms with Gasteiger partial charge in [-0.05, 0) is 35.7 Å². The summed E-state index contributed by atoms with van der Waals surface area (Å²) in [6.07, 6.45) is 4.39. The maximum atomic E-state index is 14.1. The van der Waals surface area contributed by atoms with Crippen LogP contribution in [0.5, 0.6) is 23.0 Å². The van der Waals surface area contributed by atoms with E-state index in [1.54, 1.807) is 36.4 Å². The topological polar surface area (TPSA) is 102 Å². The molecule has 3 rings (SSSR count). The largest absolute Gasteiger partial charge is 0.493 e. The lowest BCUT2D eigenvalue weighted by Gasteiger charge is -2.23. The molecule has 2 aromatic carbocycles. The van der Waals surface area contributed by atoms with Crippen molar-refractivity contribution in [2.45, 2.75) is 32.3 Å². The van der Waals surface area contributed by atoms with E-state index in [0.29, 0.717) is 53.6 Å². The van der Waals surface area contributed by atoms with Crippen molar-refractivity contribution < 1.29 is 38.0 Å². The molecule has 1 saturated heterocycles. The highest BCUT2D eigenvalue weighted by Gasteiger charge is 2.27. The van der Waals surface area contributed by atoms with Gasteiger partial charge >= 0.3 is 5.97 Å². The van der Waals surface area contributed by atoms with Gasteiger partial charge in [0.25, 0.3) is 0 Å². The van der Waals surface area contributed by atoms with Gasteiger partial charge in [0, 0.05) is 31.1 Å². The Balaban J connectivity index is 2.00. The van der Waals surface area contributed by atoms with Crippen LogP contribution in [0.4, 0.5) is 0 Å². The van der Waals surface area contributed by atoms with Gasteiger partial charge in [-0.1, -0.05) is 32.2 Å². The first-order chi connectivity index (χ1) is 19.5. The molecule has 0 saturated carbocycles. The Morgan fingerprint density at radius 1 is 1.00 bits per heavy atom. The number of carbonyl (C=O) groups excluding carboxylic acids is 2. The summed E-state index contributed by atoms with van der Waals surface area (Å²) in [5.74, 6) is 0.893. The molecular formula is C31H39NO8. The van der Waals surface area contributed by atoms with Crippen LogP contribution in [0.1, 0.15) is 40.4 Å². The van der Waals surface area contributed by atoms with E-state index in [9.17, 15) is 9.59 Å². The first kappa shape index (κ1) is 30.7. The zero-order valence-corrected chi connectivity index (χ0v) is 23.6. The van der Waals surface area contributed by atoms with Crippen molar-refractivity contribution in [3.8, 4) is 23.0 Å². The summed E-state index contributed by atoms with van der Waals surface area (Å²) in [7, 11) is 2.83. The number of nitrogens with one attached hydrogen (secondary N) is 1. The average Bonchev–Trinajstić information content (AvgIpc) is 2.99. The molecule has 0 radical (unpaired) electrons. The van der Waals surface area contributed by atoms with Crippen LogP contribution in [0.15, 0.2) is 49.6 Å². The van der Waals surface area contributed by atoms with Crippen molar-refractivity contribution in [1.29, 1.82) is 0 Å². The van der Waals surface area contributed by atoms with Gasteiger partial charge in [0.15, 0.2) is 17.3 Å². The second-order valence-electron chi connectivity index (χ2n) is 9.04. The van der Waals surface area contributed by atoms with Crippen LogP contribution in [0.3, 0.4) is 0 Å². The third-order valence-corrected chi connectivity index (χ3v) is 6.44. The summed E-state index contributed by atoms with van der Waals surface area (Å²) in [4.78, 5) is 26.6. The fourth-order valence-electron chi connectivity index (χ4n) is 4.49. The second-order valence-corrected chi connectivity index (χ2v) is 9.04. The summed E-state index contributed by atoms with van der Waals surface area (Å²) in [6.45, 7) is 12.5. The molecule has 2 aromatic rings. The molecule has 40 heavy (non-hydrogen) atoms. The van der Waals surface area contributed by atoms with E-state index in [1.807, 2.05) is 6.92 Å². The summed E-state index contributed by atoms with van der Waals surface area (Å²) < 4.78 is 34.0. The van der Waals surface area contributed by atoms with Crippen LogP contribution < -0.4 is 24.3 Å². The SMILES string of the molecule is C=CCOc1cc(OCC=C)c(C(=O)c2ccc(OCCC3CNCCO3)c(OC)c2)c(CC(=O)OC)c1CC. The first-order valence-corrected chi connectivity index (χ1v) is 13.4. The normalized spacial score (nSPS) is 14.6. The minimum absolute atomic E-state index is 0.0917. The number of esters is 1. The Morgan fingerprint density at radius 3 is 2.38 bits per heavy atom. The quantitative estimate of drug-likeness (QED) is 0.187. The standard InChI is InChI=1S/C31H39NO8/c1-6-13-38-26-19-28(39-14-7-2)30(24(23(26)8-3)18-29(33)36-5)31(34)21-9-10-25(27(17-21)35-4)40-15-11-22-20-32-12-16-37-22/h6-7,9-10,17,19,22,32H,1-2,8,11-16,18,20H2,3-5H3. The predicted octanol–water partition coefficient (Wildman–Crippen LogP) is 4.09. The number of ether oxygens (including phenoxy) is 6. The van der Waals surface area contributed by atoms with Crippen molar-refractivity contribution in [3.05, 3.63) is 71.8 Å². The number of methoxy groups -OCH3 is 2. The molecule has 0 amide bonds. The van der Waals surface area contributed by atoms with Gasteiger partial charge in [-0.3, -0.25) is 9.59 Å². The summed E-state index contributed by atoms with van der Waals surface area (Å²) in [5, 5.41) is 3.30. The molecule has 9 heteroatoms. The number of rotatable bonds is 16. The van der Waals surface area contributed by atoms with Gasteiger partial charge in [-0.25, -0.2) is 0 Å². The maximum absolute atomic E-state index is 14.1. The van der Waals surface area contributed by atoms with Crippen LogP contribution in [0.25, 0.3) is 0 Å². The van der Waals surface area contributed by atoms with Crippen molar-refractivity contribution in [2.75, 3.05) is 53.7 Å². The zero-order valence-electron chi connectivity index (χ0n) is 23.6. The van der Waals surface area contributed by atoms with E-state index >= 15 is 0 Å². The molecule has 0 aliphatic carbocycles. The monoisotopic (exact) mass is 553 g/mol. The Kier molecular flexibility index (Phi) is 12.0. The van der Waals surface area contributed by atoms with Crippen LogP contribution in [0.2, 0.25) is 0 Å². The molecular weight excluding hydrogens is 514 g/mol. The van der Waals surface area contributed by atoms with E-state index in [4.69, 9.17) is 28.4 Å². The Morgan fingerprint density at radius 2 is 1.75 bits per heavy atom. The van der Waals surface area contributed by atoms with Crippen LogP contribution in [-0.4, -0.2) is 71.6 Å². The molecule has 9 nitrogen and oxygen atoms in total. The van der Waals surface area contributed by atoms with Crippen LogP contribution in [0, 0.1) is 0 Å². The third kappa shape index (κ3) is 7.86. The summed E-state index contributed by atoms with van der Waals surface area (Å²) in [6, 6.07) is 6.68. The lowest BCUT2D eigenvalue weighted by molar-refractivity contribution is -0.139. The minimum Gasteiger partial charge on any atom is -0.493 e. The molecule has 0 spiro atoms. The second kappa shape index (κ2) is 15.7. The van der Waals surface area contributed by atoms with E-state index in [-0.39, 0.29) is 42.8 Å². The van der Waals surface area contributed by atoms with Gasteiger partial charge in [0.05, 0.1) is 45.5 Å². The number of hydrogen-bond acceptors (Lipinski definition) is 9. The lowest BCUT2D eigenvalue weighted by atomic mass is 9.90. The first-order valence-electron chi connectivity index (χ1n) is 13.4. The van der Waals surface area contributed by atoms with Crippen LogP contribution >= 0.6 is 0 Å². The molecule has 216 valence electrons. The van der Waals surface area contributed by atoms with Crippen molar-refractivity contribution >= 4 is 11.8 Å². The highest BCUT2D eigenvalue weighted by atomic mass is 16.5. The Hall–Kier alpha value is -3.82. The maximum Gasteiger partial charge on any atom is 0.310 e. The molecule has 1 heterocycles. The Bertz CT molecular complexity index is 1190. The van der Waals surface area contributed by atoms with E-state index in [0.717, 1.165) is 19.5 Å². The number of benzene rings is 2. The fraction of sp³-hybridized carbons (Fsp3) is 0.419. The smallest absolute Gasteiger partial charge is 0.310 e. The zero-order chi connectivity index (χ0) is 28.9. The molecule has 1 atom stereocenters. The number of morpholine rings is 1. The molecule has 1 aliphatic heterocycles. The van der Waals surface area contributed by atoms with E-state index < -0.39 is 5.97 Å². The molecule has 0 aromatic heterocycles. The van der Waals surface area contributed by atoms with Crippen LogP contribution in [-0.2, 0) is 27.1 Å². The highest BCUT2D eigenvalue weighted by molar-refractivity contribution is 6.13.